The van der Waals surface area contributed by atoms with Gasteiger partial charge in [0.2, 0.25) is 0 Å². The first-order chi connectivity index (χ1) is 9.49. The SMILES string of the molecule is O=C(NC1CCCCC1C(=O)O)c1ccc(Cl)c(Br)c1. The molecule has 2 N–H and O–H groups in total. The Labute approximate surface area is 130 Å². The van der Waals surface area contributed by atoms with Gasteiger partial charge in [-0.05, 0) is 47.0 Å². The largest absolute Gasteiger partial charge is 0.481 e. The van der Waals surface area contributed by atoms with Gasteiger partial charge in [-0.2, -0.15) is 0 Å². The number of amides is 1. The maximum Gasteiger partial charge on any atom is 0.308 e. The Morgan fingerprint density at radius 2 is 2.00 bits per heavy atom. The topological polar surface area (TPSA) is 66.4 Å². The lowest BCUT2D eigenvalue weighted by molar-refractivity contribution is -0.143. The first-order valence-electron chi connectivity index (χ1n) is 6.48. The van der Waals surface area contributed by atoms with Crippen LogP contribution in [0.15, 0.2) is 22.7 Å². The van der Waals surface area contributed by atoms with Crippen molar-refractivity contribution in [1.29, 1.82) is 0 Å². The normalized spacial score (nSPS) is 22.3. The highest BCUT2D eigenvalue weighted by Gasteiger charge is 2.31. The van der Waals surface area contributed by atoms with Gasteiger partial charge in [-0.1, -0.05) is 24.4 Å². The molecule has 108 valence electrons. The number of benzene rings is 1. The lowest BCUT2D eigenvalue weighted by Crippen LogP contribution is -2.45. The molecule has 1 aliphatic carbocycles. The Morgan fingerprint density at radius 3 is 2.65 bits per heavy atom. The molecule has 0 saturated heterocycles. The number of aliphatic carboxylic acids is 1. The van der Waals surface area contributed by atoms with Crippen molar-refractivity contribution >= 4 is 39.4 Å². The fourth-order valence-electron chi connectivity index (χ4n) is 2.49. The minimum Gasteiger partial charge on any atom is -0.481 e. The second kappa shape index (κ2) is 6.59. The van der Waals surface area contributed by atoms with Crippen LogP contribution < -0.4 is 5.32 Å². The van der Waals surface area contributed by atoms with Gasteiger partial charge in [0.05, 0.1) is 10.9 Å². The number of carbonyl (C=O) groups is 2. The molecule has 20 heavy (non-hydrogen) atoms. The van der Waals surface area contributed by atoms with Gasteiger partial charge in [0.1, 0.15) is 0 Å². The third-order valence-corrected chi connectivity index (χ3v) is 4.80. The molecule has 0 heterocycles. The van der Waals surface area contributed by atoms with Crippen molar-refractivity contribution in [1.82, 2.24) is 5.32 Å². The van der Waals surface area contributed by atoms with E-state index in [0.717, 1.165) is 12.8 Å². The van der Waals surface area contributed by atoms with Gasteiger partial charge in [0, 0.05) is 16.1 Å². The molecule has 2 rings (SSSR count). The molecule has 0 bridgehead atoms. The number of carbonyl (C=O) groups excluding carboxylic acids is 1. The summed E-state index contributed by atoms with van der Waals surface area (Å²) < 4.78 is 0.644. The molecule has 0 spiro atoms. The van der Waals surface area contributed by atoms with Crippen molar-refractivity contribution in [3.05, 3.63) is 33.3 Å². The van der Waals surface area contributed by atoms with Crippen LogP contribution >= 0.6 is 27.5 Å². The van der Waals surface area contributed by atoms with Gasteiger partial charge < -0.3 is 10.4 Å². The maximum absolute atomic E-state index is 12.2. The standard InChI is InChI=1S/C14H15BrClNO3/c15-10-7-8(5-6-11(10)16)13(18)17-12-4-2-1-3-9(12)14(19)20/h5-7,9,12H,1-4H2,(H,17,18)(H,19,20). The lowest BCUT2D eigenvalue weighted by Gasteiger charge is -2.29. The van der Waals surface area contributed by atoms with Crippen molar-refractivity contribution in [2.45, 2.75) is 31.7 Å². The van der Waals surface area contributed by atoms with Gasteiger partial charge in [-0.25, -0.2) is 0 Å². The summed E-state index contributed by atoms with van der Waals surface area (Å²) in [5, 5.41) is 12.6. The van der Waals surface area contributed by atoms with Crippen LogP contribution in [0.4, 0.5) is 0 Å². The third-order valence-electron chi connectivity index (χ3n) is 3.58. The molecular weight excluding hydrogens is 346 g/mol. The van der Waals surface area contributed by atoms with Crippen LogP contribution in [-0.2, 0) is 4.79 Å². The summed E-state index contributed by atoms with van der Waals surface area (Å²) in [5.41, 5.74) is 0.469. The van der Waals surface area contributed by atoms with E-state index in [1.165, 1.54) is 0 Å². The Bertz CT molecular complexity index is 535. The van der Waals surface area contributed by atoms with Gasteiger partial charge in [0.25, 0.3) is 5.91 Å². The fraction of sp³-hybridized carbons (Fsp3) is 0.429. The smallest absolute Gasteiger partial charge is 0.308 e. The van der Waals surface area contributed by atoms with E-state index in [1.807, 2.05) is 0 Å². The summed E-state index contributed by atoms with van der Waals surface area (Å²) in [6.07, 6.45) is 3.16. The highest BCUT2D eigenvalue weighted by atomic mass is 79.9. The van der Waals surface area contributed by atoms with Crippen LogP contribution in [0.2, 0.25) is 5.02 Å². The van der Waals surface area contributed by atoms with Gasteiger partial charge in [0.15, 0.2) is 0 Å². The number of halogens is 2. The minimum absolute atomic E-state index is 0.263. The Balaban J connectivity index is 2.09. The van der Waals surface area contributed by atoms with E-state index in [9.17, 15) is 14.7 Å². The van der Waals surface area contributed by atoms with Gasteiger partial charge >= 0.3 is 5.97 Å². The number of carboxylic acids is 1. The van der Waals surface area contributed by atoms with Gasteiger partial charge in [-0.15, -0.1) is 0 Å². The molecule has 0 aliphatic heterocycles. The summed E-state index contributed by atoms with van der Waals surface area (Å²) in [7, 11) is 0. The van der Waals surface area contributed by atoms with Crippen molar-refractivity contribution in [2.24, 2.45) is 5.92 Å². The molecule has 2 unspecified atom stereocenters. The number of nitrogens with one attached hydrogen (secondary N) is 1. The van der Waals surface area contributed by atoms with Crippen molar-refractivity contribution < 1.29 is 14.7 Å². The molecule has 1 fully saturated rings. The predicted molar refractivity (Wildman–Crippen MR) is 80.0 cm³/mol. The van der Waals surface area contributed by atoms with E-state index in [4.69, 9.17) is 11.6 Å². The van der Waals surface area contributed by atoms with E-state index in [-0.39, 0.29) is 11.9 Å². The fourth-order valence-corrected chi connectivity index (χ4v) is 2.98. The predicted octanol–water partition coefficient (Wildman–Crippen LogP) is 3.48. The van der Waals surface area contributed by atoms with Crippen LogP contribution in [0.3, 0.4) is 0 Å². The molecular formula is C14H15BrClNO3. The van der Waals surface area contributed by atoms with Crippen LogP contribution in [0.1, 0.15) is 36.0 Å². The van der Waals surface area contributed by atoms with Crippen molar-refractivity contribution in [3.63, 3.8) is 0 Å². The van der Waals surface area contributed by atoms with Crippen molar-refractivity contribution in [2.75, 3.05) is 0 Å². The zero-order valence-electron chi connectivity index (χ0n) is 10.7. The molecule has 0 radical (unpaired) electrons. The second-order valence-corrected chi connectivity index (χ2v) is 6.20. The molecule has 6 heteroatoms. The molecule has 1 aromatic carbocycles. The van der Waals surface area contributed by atoms with Gasteiger partial charge in [-0.3, -0.25) is 9.59 Å². The van der Waals surface area contributed by atoms with Crippen LogP contribution in [0, 0.1) is 5.92 Å². The highest BCUT2D eigenvalue weighted by Crippen LogP contribution is 2.26. The average molecular weight is 361 g/mol. The monoisotopic (exact) mass is 359 g/mol. The summed E-state index contributed by atoms with van der Waals surface area (Å²) in [6, 6.07) is 4.59. The maximum atomic E-state index is 12.2. The molecule has 2 atom stereocenters. The molecule has 1 saturated carbocycles. The van der Waals surface area contributed by atoms with E-state index in [1.54, 1.807) is 18.2 Å². The number of hydrogen-bond acceptors (Lipinski definition) is 2. The quantitative estimate of drug-likeness (QED) is 0.867. The van der Waals surface area contributed by atoms with E-state index < -0.39 is 11.9 Å². The number of hydrogen-bond donors (Lipinski definition) is 2. The summed E-state index contributed by atoms with van der Waals surface area (Å²) in [4.78, 5) is 23.4. The molecule has 1 aliphatic rings. The van der Waals surface area contributed by atoms with Crippen molar-refractivity contribution in [3.8, 4) is 0 Å². The Kier molecular flexibility index (Phi) is 5.05. The van der Waals surface area contributed by atoms with E-state index in [2.05, 4.69) is 21.2 Å². The summed E-state index contributed by atoms with van der Waals surface area (Å²) in [6.45, 7) is 0. The molecule has 4 nitrogen and oxygen atoms in total. The summed E-state index contributed by atoms with van der Waals surface area (Å²) in [5.74, 6) is -1.60. The number of carboxylic acid groups (broad SMARTS) is 1. The number of rotatable bonds is 3. The van der Waals surface area contributed by atoms with Crippen LogP contribution in [-0.4, -0.2) is 23.0 Å². The van der Waals surface area contributed by atoms with Crippen LogP contribution in [0.25, 0.3) is 0 Å². The zero-order valence-corrected chi connectivity index (χ0v) is 13.1. The highest BCUT2D eigenvalue weighted by molar-refractivity contribution is 9.10. The molecule has 0 aromatic heterocycles. The first-order valence-corrected chi connectivity index (χ1v) is 7.65. The first kappa shape index (κ1) is 15.3. The second-order valence-electron chi connectivity index (χ2n) is 4.94. The zero-order chi connectivity index (χ0) is 14.7. The molecule has 1 aromatic rings. The molecule has 1 amide bonds. The summed E-state index contributed by atoms with van der Waals surface area (Å²) >= 11 is 9.15. The van der Waals surface area contributed by atoms with E-state index >= 15 is 0 Å². The van der Waals surface area contributed by atoms with E-state index in [0.29, 0.717) is 27.9 Å². The Hall–Kier alpha value is -1.07. The average Bonchev–Trinajstić information content (AvgIpc) is 2.42. The van der Waals surface area contributed by atoms with Crippen LogP contribution in [0.5, 0.6) is 0 Å². The third kappa shape index (κ3) is 3.52. The minimum atomic E-state index is -0.840. The Morgan fingerprint density at radius 1 is 1.30 bits per heavy atom. The lowest BCUT2D eigenvalue weighted by atomic mass is 9.84.